The monoisotopic (exact) mass is 414 g/mol. The Morgan fingerprint density at radius 2 is 2.00 bits per heavy atom. The molecule has 1 amide bonds. The first kappa shape index (κ1) is 21.6. The van der Waals surface area contributed by atoms with Crippen molar-refractivity contribution in [2.45, 2.75) is 52.2 Å². The number of aliphatic imine (C=N–C) groups is 1. The minimum Gasteiger partial charge on any atom is -0.494 e. The third kappa shape index (κ3) is 4.90. The zero-order valence-electron chi connectivity index (χ0n) is 18.3. The molecule has 1 saturated heterocycles. The lowest BCUT2D eigenvalue weighted by Crippen LogP contribution is -2.42. The van der Waals surface area contributed by atoms with Crippen molar-refractivity contribution in [3.05, 3.63) is 30.1 Å². The highest BCUT2D eigenvalue weighted by molar-refractivity contribution is 6.47. The maximum atomic E-state index is 12.2. The number of likely N-dealkylation sites (tertiary alicyclic amines) is 1. The van der Waals surface area contributed by atoms with Gasteiger partial charge in [0.15, 0.2) is 0 Å². The van der Waals surface area contributed by atoms with Crippen molar-refractivity contribution in [1.82, 2.24) is 14.5 Å². The summed E-state index contributed by atoms with van der Waals surface area (Å²) >= 11 is 0. The van der Waals surface area contributed by atoms with Crippen LogP contribution in [0.5, 0.6) is 5.75 Å². The second kappa shape index (κ2) is 8.73. The highest BCUT2D eigenvalue weighted by atomic mass is 16.6. The maximum absolute atomic E-state index is 12.2. The number of amides is 1. The molecule has 2 N–H and O–H groups in total. The number of carbonyl (C=O) groups is 1. The van der Waals surface area contributed by atoms with Crippen molar-refractivity contribution in [2.24, 2.45) is 15.9 Å². The number of ether oxygens (including phenoxy) is 2. The van der Waals surface area contributed by atoms with Crippen LogP contribution >= 0.6 is 0 Å². The number of rotatable bonds is 4. The van der Waals surface area contributed by atoms with E-state index in [0.717, 1.165) is 29.6 Å². The number of carbonyl (C=O) groups excluding carboxylic acids is 1. The summed E-state index contributed by atoms with van der Waals surface area (Å²) in [5, 5.41) is 8.26. The number of hydrogen-bond acceptors (Lipinski definition) is 7. The van der Waals surface area contributed by atoms with Crippen molar-refractivity contribution >= 4 is 23.0 Å². The lowest BCUT2D eigenvalue weighted by atomic mass is 10.0. The Bertz CT molecular complexity index is 965. The van der Waals surface area contributed by atoms with E-state index in [9.17, 15) is 4.79 Å². The predicted octanol–water partition coefficient (Wildman–Crippen LogP) is 2.87. The van der Waals surface area contributed by atoms with Crippen LogP contribution in [0.2, 0.25) is 0 Å². The van der Waals surface area contributed by atoms with Gasteiger partial charge in [-0.1, -0.05) is 0 Å². The van der Waals surface area contributed by atoms with Gasteiger partial charge in [-0.05, 0) is 52.7 Å². The summed E-state index contributed by atoms with van der Waals surface area (Å²) in [6.45, 7) is 8.72. The molecule has 1 aliphatic rings. The Morgan fingerprint density at radius 1 is 1.30 bits per heavy atom. The quantitative estimate of drug-likeness (QED) is 0.470. The van der Waals surface area contributed by atoms with Crippen molar-refractivity contribution in [3.8, 4) is 5.75 Å². The molecule has 30 heavy (non-hydrogen) atoms. The fourth-order valence-corrected chi connectivity index (χ4v) is 3.51. The van der Waals surface area contributed by atoms with Crippen LogP contribution in [0.15, 0.2) is 34.6 Å². The van der Waals surface area contributed by atoms with Crippen LogP contribution in [0.25, 0.3) is 5.52 Å². The Labute approximate surface area is 176 Å². The minimum atomic E-state index is -0.494. The third-order valence-corrected chi connectivity index (χ3v) is 4.93. The Hall–Kier alpha value is -3.10. The Kier molecular flexibility index (Phi) is 6.28. The van der Waals surface area contributed by atoms with E-state index in [-0.39, 0.29) is 12.1 Å². The second-order valence-corrected chi connectivity index (χ2v) is 8.35. The first-order valence-corrected chi connectivity index (χ1v) is 10.0. The van der Waals surface area contributed by atoms with Crippen molar-refractivity contribution in [2.75, 3.05) is 20.2 Å². The number of nitrogens with two attached hydrogens (primary N) is 1. The first-order valence-electron chi connectivity index (χ1n) is 10.0. The standard InChI is InChI=1S/C21H30N6O3/c1-14(24-16-7-10-26(11-8-16)20(28)30-21(2,3)4)19(25-22)15-12-18(29-5)17-6-9-23-27(17)13-15/h6,9,12-13,16H,7-8,10-11,22H2,1-5H3/b24-14?,25-19+. The summed E-state index contributed by atoms with van der Waals surface area (Å²) in [6.07, 6.45) is 4.81. The molecule has 0 spiro atoms. The van der Waals surface area contributed by atoms with Crippen LogP contribution in [0, 0.1) is 0 Å². The van der Waals surface area contributed by atoms with Gasteiger partial charge in [0.2, 0.25) is 0 Å². The van der Waals surface area contributed by atoms with E-state index in [4.69, 9.17) is 20.3 Å². The van der Waals surface area contributed by atoms with Gasteiger partial charge in [0, 0.05) is 24.8 Å². The number of piperidine rings is 1. The number of pyridine rings is 1. The molecule has 0 radical (unpaired) electrons. The molecule has 9 heteroatoms. The van der Waals surface area contributed by atoms with Gasteiger partial charge in [-0.15, -0.1) is 0 Å². The second-order valence-electron chi connectivity index (χ2n) is 8.35. The predicted molar refractivity (Wildman–Crippen MR) is 116 cm³/mol. The molecule has 0 unspecified atom stereocenters. The first-order chi connectivity index (χ1) is 14.2. The average Bonchev–Trinajstić information content (AvgIpc) is 3.16. The van der Waals surface area contributed by atoms with E-state index in [1.807, 2.05) is 46.0 Å². The van der Waals surface area contributed by atoms with E-state index in [1.165, 1.54) is 0 Å². The van der Waals surface area contributed by atoms with Gasteiger partial charge < -0.3 is 20.2 Å². The summed E-state index contributed by atoms with van der Waals surface area (Å²) in [7, 11) is 1.62. The van der Waals surface area contributed by atoms with E-state index < -0.39 is 5.60 Å². The van der Waals surface area contributed by atoms with Gasteiger partial charge in [0.05, 0.1) is 25.1 Å². The molecule has 0 saturated carbocycles. The molecule has 2 aromatic rings. The number of fused-ring (bicyclic) bond motifs is 1. The molecule has 3 rings (SSSR count). The number of aromatic nitrogens is 2. The maximum Gasteiger partial charge on any atom is 0.410 e. The zero-order valence-corrected chi connectivity index (χ0v) is 18.3. The fraction of sp³-hybridized carbons (Fsp3) is 0.524. The van der Waals surface area contributed by atoms with Crippen LogP contribution in [-0.4, -0.2) is 63.9 Å². The van der Waals surface area contributed by atoms with Crippen molar-refractivity contribution < 1.29 is 14.3 Å². The van der Waals surface area contributed by atoms with Crippen LogP contribution in [0.1, 0.15) is 46.1 Å². The lowest BCUT2D eigenvalue weighted by Gasteiger charge is -2.32. The van der Waals surface area contributed by atoms with Gasteiger partial charge in [-0.2, -0.15) is 10.2 Å². The summed E-state index contributed by atoms with van der Waals surface area (Å²) in [6, 6.07) is 3.85. The van der Waals surface area contributed by atoms with E-state index in [2.05, 4.69) is 10.2 Å². The minimum absolute atomic E-state index is 0.0933. The molecule has 0 aliphatic carbocycles. The van der Waals surface area contributed by atoms with E-state index >= 15 is 0 Å². The van der Waals surface area contributed by atoms with Crippen molar-refractivity contribution in [3.63, 3.8) is 0 Å². The summed E-state index contributed by atoms with van der Waals surface area (Å²) in [4.78, 5) is 18.8. The molecule has 0 bridgehead atoms. The Morgan fingerprint density at radius 3 is 2.60 bits per heavy atom. The molecule has 2 aromatic heterocycles. The summed E-state index contributed by atoms with van der Waals surface area (Å²) in [5.41, 5.74) is 2.47. The molecule has 1 fully saturated rings. The highest BCUT2D eigenvalue weighted by Gasteiger charge is 2.27. The van der Waals surface area contributed by atoms with Crippen LogP contribution in [0.3, 0.4) is 0 Å². The number of methoxy groups -OCH3 is 1. The smallest absolute Gasteiger partial charge is 0.410 e. The zero-order chi connectivity index (χ0) is 21.9. The highest BCUT2D eigenvalue weighted by Crippen LogP contribution is 2.22. The topological polar surface area (TPSA) is 107 Å². The lowest BCUT2D eigenvalue weighted by molar-refractivity contribution is 0.0207. The fourth-order valence-electron chi connectivity index (χ4n) is 3.51. The molecule has 162 valence electrons. The van der Waals surface area contributed by atoms with Gasteiger partial charge >= 0.3 is 6.09 Å². The largest absolute Gasteiger partial charge is 0.494 e. The molecule has 9 nitrogen and oxygen atoms in total. The molecule has 1 aliphatic heterocycles. The van der Waals surface area contributed by atoms with E-state index in [1.54, 1.807) is 22.7 Å². The van der Waals surface area contributed by atoms with Crippen LogP contribution in [-0.2, 0) is 4.74 Å². The molecule has 3 heterocycles. The van der Waals surface area contributed by atoms with Gasteiger partial charge in [0.25, 0.3) is 0 Å². The van der Waals surface area contributed by atoms with Gasteiger partial charge in [0.1, 0.15) is 22.6 Å². The summed E-state index contributed by atoms with van der Waals surface area (Å²) < 4.78 is 12.7. The van der Waals surface area contributed by atoms with Crippen molar-refractivity contribution in [1.29, 1.82) is 0 Å². The van der Waals surface area contributed by atoms with Gasteiger partial charge in [-0.25, -0.2) is 9.31 Å². The van der Waals surface area contributed by atoms with E-state index in [0.29, 0.717) is 24.6 Å². The number of nitrogens with zero attached hydrogens (tertiary/aromatic N) is 5. The van der Waals surface area contributed by atoms with Crippen LogP contribution < -0.4 is 10.6 Å². The molecular formula is C21H30N6O3. The molecule has 0 aromatic carbocycles. The Balaban J connectivity index is 1.71. The molecular weight excluding hydrogens is 384 g/mol. The SMILES string of the molecule is COc1cc(/C(=N/N)C(C)=NC2CCN(C(=O)OC(C)(C)C)CC2)cn2nccc12. The molecule has 0 atom stereocenters. The van der Waals surface area contributed by atoms with Crippen LogP contribution in [0.4, 0.5) is 4.79 Å². The number of hydrazone groups is 1. The third-order valence-electron chi connectivity index (χ3n) is 4.93. The van der Waals surface area contributed by atoms with Gasteiger partial charge in [-0.3, -0.25) is 4.99 Å². The number of hydrogen-bond donors (Lipinski definition) is 1. The normalized spacial score (nSPS) is 16.8. The summed E-state index contributed by atoms with van der Waals surface area (Å²) in [5.74, 6) is 6.39. The average molecular weight is 415 g/mol.